The molecule has 0 amide bonds. The van der Waals surface area contributed by atoms with Crippen molar-refractivity contribution in [2.75, 3.05) is 26.0 Å². The standard InChI is InChI=1S/C16H26N2O7S/c1-6-17-16(26-5)18-12-7-23-13(8-22-9(2)19)15(25-11(4)21)14(12)24-10(3)20/h12-15H,6-8H2,1-5H3,(H,17,18)/t12-,13-,14-,15-/m1/s1. The Balaban J connectivity index is 3.11. The van der Waals surface area contributed by atoms with Gasteiger partial charge in [0.15, 0.2) is 17.4 Å². The normalized spacial score (nSPS) is 26.0. The van der Waals surface area contributed by atoms with Gasteiger partial charge in [-0.1, -0.05) is 11.8 Å². The second-order valence-corrected chi connectivity index (χ2v) is 6.35. The number of nitrogens with zero attached hydrogens (tertiary/aromatic N) is 1. The molecule has 1 aliphatic rings. The van der Waals surface area contributed by atoms with Crippen molar-refractivity contribution in [3.05, 3.63) is 0 Å². The molecule has 9 nitrogen and oxygen atoms in total. The summed E-state index contributed by atoms with van der Waals surface area (Å²) in [5.41, 5.74) is 0. The number of aliphatic imine (C=N–C) groups is 1. The first-order valence-electron chi connectivity index (χ1n) is 8.23. The summed E-state index contributed by atoms with van der Waals surface area (Å²) in [5.74, 6) is -1.59. The zero-order valence-corrected chi connectivity index (χ0v) is 16.5. The molecule has 1 saturated heterocycles. The molecule has 0 bridgehead atoms. The lowest BCUT2D eigenvalue weighted by Gasteiger charge is -2.39. The van der Waals surface area contributed by atoms with E-state index in [4.69, 9.17) is 18.9 Å². The van der Waals surface area contributed by atoms with E-state index in [-0.39, 0.29) is 13.2 Å². The highest BCUT2D eigenvalue weighted by atomic mass is 32.2. The molecule has 0 spiro atoms. The van der Waals surface area contributed by atoms with Crippen LogP contribution in [0.25, 0.3) is 0 Å². The van der Waals surface area contributed by atoms with Gasteiger partial charge in [-0.25, -0.2) is 0 Å². The number of rotatable bonds is 6. The van der Waals surface area contributed by atoms with E-state index in [1.54, 1.807) is 0 Å². The van der Waals surface area contributed by atoms with Crippen molar-refractivity contribution in [1.82, 2.24) is 5.32 Å². The van der Waals surface area contributed by atoms with Crippen molar-refractivity contribution in [3.63, 3.8) is 0 Å². The third-order valence-corrected chi connectivity index (χ3v) is 4.05. The summed E-state index contributed by atoms with van der Waals surface area (Å²) in [6.07, 6.45) is -0.691. The van der Waals surface area contributed by atoms with Crippen LogP contribution >= 0.6 is 11.8 Å². The zero-order chi connectivity index (χ0) is 19.7. The zero-order valence-electron chi connectivity index (χ0n) is 15.6. The van der Waals surface area contributed by atoms with Gasteiger partial charge in [0.1, 0.15) is 18.8 Å². The van der Waals surface area contributed by atoms with Crippen LogP contribution in [0.3, 0.4) is 0 Å². The van der Waals surface area contributed by atoms with E-state index in [9.17, 15) is 14.4 Å². The SMILES string of the molecule is CCN/C(=N/[C@@H]1CO[C@H](COC(C)=O)[C@@H](OC(C)=O)[C@@H]1OC(C)=O)SC. The first kappa shape index (κ1) is 22.2. The summed E-state index contributed by atoms with van der Waals surface area (Å²) < 4.78 is 21.4. The number of carbonyl (C=O) groups excluding carboxylic acids is 3. The molecule has 0 saturated carbocycles. The Morgan fingerprint density at radius 3 is 2.23 bits per heavy atom. The summed E-state index contributed by atoms with van der Waals surface area (Å²) >= 11 is 1.40. The van der Waals surface area contributed by atoms with E-state index in [2.05, 4.69) is 10.3 Å². The molecule has 10 heteroatoms. The number of hydrogen-bond acceptors (Lipinski definition) is 9. The quantitative estimate of drug-likeness (QED) is 0.300. The van der Waals surface area contributed by atoms with Gasteiger partial charge < -0.3 is 24.3 Å². The Morgan fingerprint density at radius 1 is 1.12 bits per heavy atom. The highest BCUT2D eigenvalue weighted by Crippen LogP contribution is 2.25. The molecule has 1 heterocycles. The van der Waals surface area contributed by atoms with Gasteiger partial charge in [0.25, 0.3) is 0 Å². The number of hydrogen-bond donors (Lipinski definition) is 1. The topological polar surface area (TPSA) is 113 Å². The van der Waals surface area contributed by atoms with Crippen molar-refractivity contribution in [1.29, 1.82) is 0 Å². The Morgan fingerprint density at radius 2 is 1.73 bits per heavy atom. The number of nitrogens with one attached hydrogen (secondary N) is 1. The molecule has 0 radical (unpaired) electrons. The van der Waals surface area contributed by atoms with Crippen molar-refractivity contribution >= 4 is 34.8 Å². The minimum Gasteiger partial charge on any atom is -0.463 e. The second kappa shape index (κ2) is 11.0. The van der Waals surface area contributed by atoms with Crippen LogP contribution in [-0.4, -0.2) is 73.4 Å². The summed E-state index contributed by atoms with van der Waals surface area (Å²) in [5, 5.41) is 3.75. The summed E-state index contributed by atoms with van der Waals surface area (Å²) in [6, 6.07) is -0.571. The first-order valence-corrected chi connectivity index (χ1v) is 9.46. The minimum absolute atomic E-state index is 0.121. The summed E-state index contributed by atoms with van der Waals surface area (Å²) in [7, 11) is 0. The van der Waals surface area contributed by atoms with Gasteiger partial charge in [-0.2, -0.15) is 0 Å². The fourth-order valence-electron chi connectivity index (χ4n) is 2.44. The maximum atomic E-state index is 11.6. The van der Waals surface area contributed by atoms with Gasteiger partial charge in [-0.05, 0) is 13.2 Å². The number of ether oxygens (including phenoxy) is 4. The highest BCUT2D eigenvalue weighted by molar-refractivity contribution is 8.13. The van der Waals surface area contributed by atoms with E-state index >= 15 is 0 Å². The average molecular weight is 390 g/mol. The molecule has 0 aliphatic carbocycles. The third-order valence-electron chi connectivity index (χ3n) is 3.41. The van der Waals surface area contributed by atoms with Gasteiger partial charge in [0.2, 0.25) is 0 Å². The van der Waals surface area contributed by atoms with Crippen molar-refractivity contribution in [2.45, 2.75) is 52.0 Å². The van der Waals surface area contributed by atoms with Gasteiger partial charge in [0, 0.05) is 27.3 Å². The third kappa shape index (κ3) is 7.20. The van der Waals surface area contributed by atoms with Gasteiger partial charge in [-0.15, -0.1) is 0 Å². The Kier molecular flexibility index (Phi) is 9.42. The smallest absolute Gasteiger partial charge is 0.303 e. The molecule has 1 N–H and O–H groups in total. The van der Waals surface area contributed by atoms with Crippen LogP contribution in [-0.2, 0) is 33.3 Å². The molecule has 1 aliphatic heterocycles. The lowest BCUT2D eigenvalue weighted by atomic mass is 9.98. The Labute approximate surface area is 157 Å². The van der Waals surface area contributed by atoms with E-state index in [0.717, 1.165) is 0 Å². The van der Waals surface area contributed by atoms with Gasteiger partial charge in [-0.3, -0.25) is 19.4 Å². The molecule has 0 aromatic rings. The van der Waals surface area contributed by atoms with E-state index in [1.165, 1.54) is 32.5 Å². The molecule has 0 aromatic carbocycles. The van der Waals surface area contributed by atoms with Crippen LogP contribution < -0.4 is 5.32 Å². The molecular weight excluding hydrogens is 364 g/mol. The number of amidine groups is 1. The minimum atomic E-state index is -0.942. The first-order chi connectivity index (χ1) is 12.3. The van der Waals surface area contributed by atoms with Crippen molar-refractivity contribution in [3.8, 4) is 0 Å². The monoisotopic (exact) mass is 390 g/mol. The maximum absolute atomic E-state index is 11.6. The molecule has 1 rings (SSSR count). The molecule has 26 heavy (non-hydrogen) atoms. The van der Waals surface area contributed by atoms with Crippen LogP contribution in [0.4, 0.5) is 0 Å². The van der Waals surface area contributed by atoms with Crippen molar-refractivity contribution in [2.24, 2.45) is 4.99 Å². The van der Waals surface area contributed by atoms with E-state index < -0.39 is 42.3 Å². The van der Waals surface area contributed by atoms with Crippen molar-refractivity contribution < 1.29 is 33.3 Å². The second-order valence-electron chi connectivity index (χ2n) is 5.56. The fraction of sp³-hybridized carbons (Fsp3) is 0.750. The molecule has 1 fully saturated rings. The van der Waals surface area contributed by atoms with Crippen LogP contribution in [0.2, 0.25) is 0 Å². The van der Waals surface area contributed by atoms with Gasteiger partial charge in [0.05, 0.1) is 6.61 Å². The van der Waals surface area contributed by atoms with Gasteiger partial charge >= 0.3 is 17.9 Å². The molecule has 4 atom stereocenters. The predicted molar refractivity (Wildman–Crippen MR) is 95.9 cm³/mol. The predicted octanol–water partition coefficient (Wildman–Crippen LogP) is 0.509. The number of thioether (sulfide) groups is 1. The molecule has 148 valence electrons. The lowest BCUT2D eigenvalue weighted by Crippen LogP contribution is -2.57. The van der Waals surface area contributed by atoms with Crippen LogP contribution in [0.15, 0.2) is 4.99 Å². The molecule has 0 aromatic heterocycles. The number of carbonyl (C=O) groups is 3. The summed E-state index contributed by atoms with van der Waals surface area (Å²) in [6.45, 7) is 6.38. The molecule has 0 unspecified atom stereocenters. The van der Waals surface area contributed by atoms with E-state index in [1.807, 2.05) is 13.2 Å². The van der Waals surface area contributed by atoms with Crippen LogP contribution in [0.5, 0.6) is 0 Å². The highest BCUT2D eigenvalue weighted by Gasteiger charge is 2.45. The lowest BCUT2D eigenvalue weighted by molar-refractivity contribution is -0.204. The Bertz CT molecular complexity index is 541. The fourth-order valence-corrected chi connectivity index (χ4v) is 2.97. The van der Waals surface area contributed by atoms with Crippen LogP contribution in [0.1, 0.15) is 27.7 Å². The maximum Gasteiger partial charge on any atom is 0.303 e. The average Bonchev–Trinajstić information content (AvgIpc) is 2.55. The Hall–Kier alpha value is -1.81. The molecular formula is C16H26N2O7S. The van der Waals surface area contributed by atoms with E-state index in [0.29, 0.717) is 11.7 Å². The summed E-state index contributed by atoms with van der Waals surface area (Å²) in [4.78, 5) is 38.7. The van der Waals surface area contributed by atoms with Crippen LogP contribution in [0, 0.1) is 0 Å². The largest absolute Gasteiger partial charge is 0.463 e. The number of esters is 3.